The van der Waals surface area contributed by atoms with E-state index in [2.05, 4.69) is 20.8 Å². The number of hydrogen-bond acceptors (Lipinski definition) is 5. The van der Waals surface area contributed by atoms with E-state index in [1.807, 2.05) is 25.1 Å². The number of rotatable bonds is 6. The van der Waals surface area contributed by atoms with Crippen LogP contribution in [0.15, 0.2) is 22.7 Å². The SMILES string of the molecule is Cc1ccc(NC(=O)NCCC(C)O)c(-c2nc(C3CC3)no2)c1. The van der Waals surface area contributed by atoms with Crippen LogP contribution in [0.4, 0.5) is 10.5 Å². The number of benzene rings is 1. The number of aliphatic hydroxyl groups is 1. The molecule has 0 bridgehead atoms. The summed E-state index contributed by atoms with van der Waals surface area (Å²) in [6, 6.07) is 5.31. The molecule has 0 saturated heterocycles. The third-order valence-electron chi connectivity index (χ3n) is 3.89. The Kier molecular flexibility index (Phi) is 4.80. The molecule has 1 fully saturated rings. The highest BCUT2D eigenvalue weighted by molar-refractivity contribution is 5.93. The fraction of sp³-hybridized carbons (Fsp3) is 0.471. The number of carbonyl (C=O) groups excluding carboxylic acids is 1. The van der Waals surface area contributed by atoms with Crippen molar-refractivity contribution in [3.63, 3.8) is 0 Å². The number of hydrogen-bond donors (Lipinski definition) is 3. The molecule has 3 rings (SSSR count). The van der Waals surface area contributed by atoms with Gasteiger partial charge in [-0.2, -0.15) is 4.98 Å². The predicted octanol–water partition coefficient (Wildman–Crippen LogP) is 2.81. The normalized spacial score (nSPS) is 15.1. The zero-order chi connectivity index (χ0) is 17.1. The molecular weight excluding hydrogens is 308 g/mol. The van der Waals surface area contributed by atoms with Crippen LogP contribution in [0.1, 0.15) is 43.5 Å². The zero-order valence-corrected chi connectivity index (χ0v) is 13.9. The zero-order valence-electron chi connectivity index (χ0n) is 13.9. The molecule has 1 saturated carbocycles. The van der Waals surface area contributed by atoms with Gasteiger partial charge in [0, 0.05) is 12.5 Å². The number of aromatic nitrogens is 2. The van der Waals surface area contributed by atoms with Gasteiger partial charge in [-0.1, -0.05) is 16.8 Å². The van der Waals surface area contributed by atoms with E-state index < -0.39 is 6.10 Å². The molecule has 1 aliphatic rings. The molecule has 2 aromatic rings. The molecule has 7 heteroatoms. The lowest BCUT2D eigenvalue weighted by Crippen LogP contribution is -2.31. The van der Waals surface area contributed by atoms with Crippen LogP contribution in [-0.4, -0.2) is 33.9 Å². The van der Waals surface area contributed by atoms with Gasteiger partial charge in [-0.05, 0) is 45.2 Å². The number of amides is 2. The van der Waals surface area contributed by atoms with Crippen molar-refractivity contribution in [2.75, 3.05) is 11.9 Å². The average Bonchev–Trinajstić information content (AvgIpc) is 3.26. The Balaban J connectivity index is 1.73. The second-order valence-corrected chi connectivity index (χ2v) is 6.30. The first kappa shape index (κ1) is 16.4. The predicted molar refractivity (Wildman–Crippen MR) is 89.8 cm³/mol. The van der Waals surface area contributed by atoms with Gasteiger partial charge in [0.15, 0.2) is 5.82 Å². The Morgan fingerprint density at radius 3 is 2.96 bits per heavy atom. The molecule has 7 nitrogen and oxygen atoms in total. The van der Waals surface area contributed by atoms with Crippen molar-refractivity contribution < 1.29 is 14.4 Å². The molecule has 1 atom stereocenters. The molecule has 24 heavy (non-hydrogen) atoms. The monoisotopic (exact) mass is 330 g/mol. The van der Waals surface area contributed by atoms with E-state index in [4.69, 9.17) is 4.52 Å². The summed E-state index contributed by atoms with van der Waals surface area (Å²) >= 11 is 0. The average molecular weight is 330 g/mol. The second-order valence-electron chi connectivity index (χ2n) is 6.30. The lowest BCUT2D eigenvalue weighted by molar-refractivity contribution is 0.184. The summed E-state index contributed by atoms with van der Waals surface area (Å²) in [6.45, 7) is 4.05. The van der Waals surface area contributed by atoms with Crippen LogP contribution in [0.5, 0.6) is 0 Å². The first-order valence-corrected chi connectivity index (χ1v) is 8.20. The van der Waals surface area contributed by atoms with Crippen LogP contribution in [0.3, 0.4) is 0 Å². The Morgan fingerprint density at radius 2 is 2.25 bits per heavy atom. The third kappa shape index (κ3) is 4.11. The molecule has 1 unspecified atom stereocenters. The van der Waals surface area contributed by atoms with E-state index in [1.165, 1.54) is 0 Å². The fourth-order valence-corrected chi connectivity index (χ4v) is 2.36. The van der Waals surface area contributed by atoms with Crippen molar-refractivity contribution in [1.29, 1.82) is 0 Å². The highest BCUT2D eigenvalue weighted by Crippen LogP contribution is 2.39. The smallest absolute Gasteiger partial charge is 0.319 e. The second kappa shape index (κ2) is 7.00. The van der Waals surface area contributed by atoms with Crippen LogP contribution in [0.25, 0.3) is 11.5 Å². The van der Waals surface area contributed by atoms with Crippen molar-refractivity contribution in [2.45, 2.75) is 45.1 Å². The number of nitrogens with zero attached hydrogens (tertiary/aromatic N) is 2. The summed E-state index contributed by atoms with van der Waals surface area (Å²) in [5, 5.41) is 18.8. The summed E-state index contributed by atoms with van der Waals surface area (Å²) in [6.07, 6.45) is 2.26. The number of anilines is 1. The highest BCUT2D eigenvalue weighted by atomic mass is 16.5. The summed E-state index contributed by atoms with van der Waals surface area (Å²) in [4.78, 5) is 16.5. The van der Waals surface area contributed by atoms with E-state index >= 15 is 0 Å². The molecule has 1 aromatic heterocycles. The summed E-state index contributed by atoms with van der Waals surface area (Å²) in [5.74, 6) is 1.56. The van der Waals surface area contributed by atoms with Gasteiger partial charge in [-0.15, -0.1) is 0 Å². The van der Waals surface area contributed by atoms with Gasteiger partial charge < -0.3 is 20.3 Å². The van der Waals surface area contributed by atoms with E-state index in [1.54, 1.807) is 6.92 Å². The van der Waals surface area contributed by atoms with E-state index in [0.29, 0.717) is 36.0 Å². The number of nitrogens with one attached hydrogen (secondary N) is 2. The lowest BCUT2D eigenvalue weighted by Gasteiger charge is -2.11. The van der Waals surface area contributed by atoms with E-state index in [9.17, 15) is 9.90 Å². The first-order valence-electron chi connectivity index (χ1n) is 8.20. The molecule has 0 spiro atoms. The number of urea groups is 1. The number of carbonyl (C=O) groups is 1. The summed E-state index contributed by atoms with van der Waals surface area (Å²) in [5.41, 5.74) is 2.36. The molecule has 128 valence electrons. The van der Waals surface area contributed by atoms with Gasteiger partial charge in [0.25, 0.3) is 5.89 Å². The van der Waals surface area contributed by atoms with Crippen molar-refractivity contribution in [1.82, 2.24) is 15.5 Å². The van der Waals surface area contributed by atoms with Crippen molar-refractivity contribution in [3.8, 4) is 11.5 Å². The molecular formula is C17H22N4O3. The molecule has 0 aliphatic heterocycles. The van der Waals surface area contributed by atoms with Crippen LogP contribution >= 0.6 is 0 Å². The van der Waals surface area contributed by atoms with Gasteiger partial charge >= 0.3 is 6.03 Å². The van der Waals surface area contributed by atoms with E-state index in [0.717, 1.165) is 24.2 Å². The van der Waals surface area contributed by atoms with Gasteiger partial charge in [0.2, 0.25) is 0 Å². The van der Waals surface area contributed by atoms with Gasteiger partial charge in [-0.3, -0.25) is 0 Å². The maximum Gasteiger partial charge on any atom is 0.319 e. The minimum absolute atomic E-state index is 0.331. The van der Waals surface area contributed by atoms with Crippen molar-refractivity contribution in [2.24, 2.45) is 0 Å². The molecule has 1 heterocycles. The first-order chi connectivity index (χ1) is 11.5. The van der Waals surface area contributed by atoms with Crippen LogP contribution in [0, 0.1) is 6.92 Å². The maximum atomic E-state index is 12.0. The Bertz CT molecular complexity index is 722. The molecule has 0 radical (unpaired) electrons. The highest BCUT2D eigenvalue weighted by Gasteiger charge is 2.29. The fourth-order valence-electron chi connectivity index (χ4n) is 2.36. The Morgan fingerprint density at radius 1 is 1.46 bits per heavy atom. The number of aryl methyl sites for hydroxylation is 1. The topological polar surface area (TPSA) is 100 Å². The Hall–Kier alpha value is -2.41. The standard InChI is InChI=1S/C17H22N4O3/c1-10-3-6-14(19-17(23)18-8-7-11(2)22)13(9-10)16-20-15(21-24-16)12-4-5-12/h3,6,9,11-12,22H,4-5,7-8H2,1-2H3,(H2,18,19,23). The van der Waals surface area contributed by atoms with Crippen LogP contribution in [-0.2, 0) is 0 Å². The van der Waals surface area contributed by atoms with Crippen molar-refractivity contribution >= 4 is 11.7 Å². The minimum Gasteiger partial charge on any atom is -0.393 e. The maximum absolute atomic E-state index is 12.0. The van der Waals surface area contributed by atoms with E-state index in [-0.39, 0.29) is 6.03 Å². The summed E-state index contributed by atoms with van der Waals surface area (Å²) < 4.78 is 5.38. The minimum atomic E-state index is -0.445. The van der Waals surface area contributed by atoms with Gasteiger partial charge in [-0.25, -0.2) is 4.79 Å². The van der Waals surface area contributed by atoms with Crippen LogP contribution in [0.2, 0.25) is 0 Å². The molecule has 1 aliphatic carbocycles. The molecule has 2 amide bonds. The van der Waals surface area contributed by atoms with Gasteiger partial charge in [0.1, 0.15) is 0 Å². The molecule has 1 aromatic carbocycles. The Labute approximate surface area is 140 Å². The quantitative estimate of drug-likeness (QED) is 0.756. The largest absolute Gasteiger partial charge is 0.393 e. The van der Waals surface area contributed by atoms with Crippen molar-refractivity contribution in [3.05, 3.63) is 29.6 Å². The third-order valence-corrected chi connectivity index (χ3v) is 3.89. The van der Waals surface area contributed by atoms with Gasteiger partial charge in [0.05, 0.1) is 17.4 Å². The molecule has 3 N–H and O–H groups in total. The number of aliphatic hydroxyl groups excluding tert-OH is 1. The lowest BCUT2D eigenvalue weighted by atomic mass is 10.1. The van der Waals surface area contributed by atoms with Crippen LogP contribution < -0.4 is 10.6 Å². The summed E-state index contributed by atoms with van der Waals surface area (Å²) in [7, 11) is 0.